The molecule has 176 valence electrons. The van der Waals surface area contributed by atoms with Crippen molar-refractivity contribution in [2.24, 2.45) is 0 Å². The van der Waals surface area contributed by atoms with E-state index < -0.39 is 0 Å². The van der Waals surface area contributed by atoms with E-state index in [0.717, 1.165) is 43.6 Å². The van der Waals surface area contributed by atoms with E-state index in [9.17, 15) is 4.79 Å². The fourth-order valence-electron chi connectivity index (χ4n) is 4.17. The third-order valence-electron chi connectivity index (χ3n) is 6.19. The van der Waals surface area contributed by atoms with Crippen LogP contribution in [0.15, 0.2) is 72.8 Å². The number of fused-ring (bicyclic) bond motifs is 1. The highest BCUT2D eigenvalue weighted by atomic mass is 35.5. The maximum atomic E-state index is 12.2. The fraction of sp³-hybridized carbons (Fsp3) is 0.310. The molecule has 0 aliphatic carbocycles. The first-order valence-corrected chi connectivity index (χ1v) is 12.5. The van der Waals surface area contributed by atoms with Gasteiger partial charge in [0.1, 0.15) is 5.82 Å². The van der Waals surface area contributed by atoms with Gasteiger partial charge in [0, 0.05) is 30.1 Å². The molecule has 0 aliphatic rings. The van der Waals surface area contributed by atoms with E-state index >= 15 is 0 Å². The number of aryl methyl sites for hydroxylation is 1. The number of rotatable bonds is 10. The number of hydrogen-bond donors (Lipinski definition) is 1. The lowest BCUT2D eigenvalue weighted by atomic mass is 10.0. The SMILES string of the molecule is CC(C)c1ccc(Cn2c(CCCCCNC(=O)c3ccc(Cl)cc3)nc3ccccc32)cc1. The Morgan fingerprint density at radius 3 is 2.41 bits per heavy atom. The van der Waals surface area contributed by atoms with Gasteiger partial charge in [0.25, 0.3) is 5.91 Å². The van der Waals surface area contributed by atoms with Crippen molar-refractivity contribution in [3.8, 4) is 0 Å². The normalized spacial score (nSPS) is 11.3. The van der Waals surface area contributed by atoms with Crippen molar-refractivity contribution in [3.63, 3.8) is 0 Å². The van der Waals surface area contributed by atoms with E-state index in [1.54, 1.807) is 24.3 Å². The quantitative estimate of drug-likeness (QED) is 0.252. The Kier molecular flexibility index (Phi) is 8.02. The molecule has 0 unspecified atom stereocenters. The topological polar surface area (TPSA) is 46.9 Å². The lowest BCUT2D eigenvalue weighted by Gasteiger charge is -2.11. The van der Waals surface area contributed by atoms with Gasteiger partial charge in [0.05, 0.1) is 11.0 Å². The maximum Gasteiger partial charge on any atom is 0.251 e. The molecule has 4 aromatic rings. The van der Waals surface area contributed by atoms with Gasteiger partial charge in [0.2, 0.25) is 0 Å². The minimum absolute atomic E-state index is 0.0538. The monoisotopic (exact) mass is 473 g/mol. The summed E-state index contributed by atoms with van der Waals surface area (Å²) in [6.07, 6.45) is 3.93. The lowest BCUT2D eigenvalue weighted by molar-refractivity contribution is 0.0953. The van der Waals surface area contributed by atoms with Crippen LogP contribution in [0.2, 0.25) is 5.02 Å². The molecule has 5 heteroatoms. The number of carbonyl (C=O) groups excluding carboxylic acids is 1. The first-order chi connectivity index (χ1) is 16.5. The summed E-state index contributed by atoms with van der Waals surface area (Å²) >= 11 is 5.89. The number of nitrogens with zero attached hydrogens (tertiary/aromatic N) is 2. The maximum absolute atomic E-state index is 12.2. The summed E-state index contributed by atoms with van der Waals surface area (Å²) in [6.45, 7) is 5.94. The highest BCUT2D eigenvalue weighted by Crippen LogP contribution is 2.21. The van der Waals surface area contributed by atoms with Crippen molar-refractivity contribution in [2.75, 3.05) is 6.54 Å². The molecular formula is C29H32ClN3O. The van der Waals surface area contributed by atoms with Gasteiger partial charge in [-0.25, -0.2) is 4.98 Å². The minimum Gasteiger partial charge on any atom is -0.352 e. The number of aromatic nitrogens is 2. The highest BCUT2D eigenvalue weighted by molar-refractivity contribution is 6.30. The van der Waals surface area contributed by atoms with Crippen LogP contribution in [0.5, 0.6) is 0 Å². The molecular weight excluding hydrogens is 442 g/mol. The van der Waals surface area contributed by atoms with E-state index in [4.69, 9.17) is 16.6 Å². The molecule has 0 aliphatic heterocycles. The molecule has 1 aromatic heterocycles. The number of benzene rings is 3. The number of unbranched alkanes of at least 4 members (excludes halogenated alkanes) is 2. The standard InChI is InChI=1S/C29H32ClN3O/c1-21(2)23-13-11-22(12-14-23)20-33-27-9-6-5-8-26(27)32-28(33)10-4-3-7-19-31-29(34)24-15-17-25(30)18-16-24/h5-6,8-9,11-18,21H,3-4,7,10,19-20H2,1-2H3,(H,31,34). The zero-order valence-corrected chi connectivity index (χ0v) is 20.7. The van der Waals surface area contributed by atoms with Crippen LogP contribution in [0.25, 0.3) is 11.0 Å². The average molecular weight is 474 g/mol. The summed E-state index contributed by atoms with van der Waals surface area (Å²) in [5.41, 5.74) is 5.52. The molecule has 0 fully saturated rings. The zero-order valence-electron chi connectivity index (χ0n) is 19.9. The van der Waals surface area contributed by atoms with E-state index in [0.29, 0.717) is 23.0 Å². The van der Waals surface area contributed by atoms with Crippen molar-refractivity contribution in [2.45, 2.75) is 52.0 Å². The third kappa shape index (κ3) is 6.06. The number of para-hydroxylation sites is 2. The van der Waals surface area contributed by atoms with Gasteiger partial charge < -0.3 is 9.88 Å². The molecule has 0 spiro atoms. The van der Waals surface area contributed by atoms with Gasteiger partial charge in [0.15, 0.2) is 0 Å². The Morgan fingerprint density at radius 1 is 0.941 bits per heavy atom. The van der Waals surface area contributed by atoms with E-state index in [1.807, 2.05) is 6.07 Å². The van der Waals surface area contributed by atoms with E-state index in [1.165, 1.54) is 16.6 Å². The zero-order chi connectivity index (χ0) is 23.9. The number of hydrogen-bond acceptors (Lipinski definition) is 2. The molecule has 4 nitrogen and oxygen atoms in total. The van der Waals surface area contributed by atoms with Gasteiger partial charge in [-0.1, -0.05) is 68.3 Å². The van der Waals surface area contributed by atoms with Crippen LogP contribution >= 0.6 is 11.6 Å². The molecule has 0 bridgehead atoms. The number of halogens is 1. The second-order valence-electron chi connectivity index (χ2n) is 9.07. The van der Waals surface area contributed by atoms with Gasteiger partial charge in [-0.3, -0.25) is 4.79 Å². The van der Waals surface area contributed by atoms with E-state index in [-0.39, 0.29) is 5.91 Å². The second kappa shape index (κ2) is 11.3. The van der Waals surface area contributed by atoms with E-state index in [2.05, 4.69) is 66.2 Å². The van der Waals surface area contributed by atoms with Crippen LogP contribution in [-0.4, -0.2) is 22.0 Å². The van der Waals surface area contributed by atoms with Crippen molar-refractivity contribution >= 4 is 28.5 Å². The van der Waals surface area contributed by atoms with Crippen LogP contribution in [0, 0.1) is 0 Å². The summed E-state index contributed by atoms with van der Waals surface area (Å²) in [6, 6.07) is 24.3. The molecule has 1 amide bonds. The minimum atomic E-state index is -0.0538. The van der Waals surface area contributed by atoms with Crippen LogP contribution in [-0.2, 0) is 13.0 Å². The van der Waals surface area contributed by atoms with Crippen molar-refractivity contribution in [1.82, 2.24) is 14.9 Å². The number of nitrogens with one attached hydrogen (secondary N) is 1. The Bertz CT molecular complexity index is 1230. The molecule has 0 atom stereocenters. The van der Waals surface area contributed by atoms with Crippen LogP contribution < -0.4 is 5.32 Å². The number of amides is 1. The second-order valence-corrected chi connectivity index (χ2v) is 9.51. The molecule has 0 saturated carbocycles. The molecule has 0 radical (unpaired) electrons. The fourth-order valence-corrected chi connectivity index (χ4v) is 4.30. The van der Waals surface area contributed by atoms with Crippen molar-refractivity contribution in [1.29, 1.82) is 0 Å². The van der Waals surface area contributed by atoms with Crippen LogP contribution in [0.1, 0.15) is 66.3 Å². The van der Waals surface area contributed by atoms with Gasteiger partial charge in [-0.15, -0.1) is 0 Å². The summed E-state index contributed by atoms with van der Waals surface area (Å²) in [4.78, 5) is 17.1. The summed E-state index contributed by atoms with van der Waals surface area (Å²) in [5.74, 6) is 1.61. The number of imidazole rings is 1. The molecule has 3 aromatic carbocycles. The first-order valence-electron chi connectivity index (χ1n) is 12.1. The number of carbonyl (C=O) groups is 1. The van der Waals surface area contributed by atoms with Gasteiger partial charge in [-0.05, 0) is 66.3 Å². The molecule has 34 heavy (non-hydrogen) atoms. The smallest absolute Gasteiger partial charge is 0.251 e. The summed E-state index contributed by atoms with van der Waals surface area (Å²) in [7, 11) is 0. The van der Waals surface area contributed by atoms with Crippen molar-refractivity contribution in [3.05, 3.63) is 100 Å². The molecule has 0 saturated heterocycles. The lowest BCUT2D eigenvalue weighted by Crippen LogP contribution is -2.24. The Morgan fingerprint density at radius 2 is 1.68 bits per heavy atom. The molecule has 1 heterocycles. The van der Waals surface area contributed by atoms with Crippen LogP contribution in [0.4, 0.5) is 0 Å². The third-order valence-corrected chi connectivity index (χ3v) is 6.44. The van der Waals surface area contributed by atoms with Gasteiger partial charge >= 0.3 is 0 Å². The van der Waals surface area contributed by atoms with Gasteiger partial charge in [-0.2, -0.15) is 0 Å². The van der Waals surface area contributed by atoms with Crippen molar-refractivity contribution < 1.29 is 4.79 Å². The Labute approximate surface area is 207 Å². The predicted molar refractivity (Wildman–Crippen MR) is 141 cm³/mol. The molecule has 4 rings (SSSR count). The Hall–Kier alpha value is -3.11. The summed E-state index contributed by atoms with van der Waals surface area (Å²) in [5, 5.41) is 3.63. The molecule has 1 N–H and O–H groups in total. The highest BCUT2D eigenvalue weighted by Gasteiger charge is 2.11. The summed E-state index contributed by atoms with van der Waals surface area (Å²) < 4.78 is 2.35. The first kappa shape index (κ1) is 24.0. The average Bonchev–Trinajstić information content (AvgIpc) is 3.19. The Balaban J connectivity index is 1.33. The predicted octanol–water partition coefficient (Wildman–Crippen LogP) is 7.00. The van der Waals surface area contributed by atoms with Crippen LogP contribution in [0.3, 0.4) is 0 Å². The largest absolute Gasteiger partial charge is 0.352 e.